The second-order valence-corrected chi connectivity index (χ2v) is 8.55. The van der Waals surface area contributed by atoms with E-state index in [0.717, 1.165) is 28.3 Å². The van der Waals surface area contributed by atoms with Crippen molar-refractivity contribution in [2.24, 2.45) is 0 Å². The number of methoxy groups -OCH3 is 1. The summed E-state index contributed by atoms with van der Waals surface area (Å²) in [7, 11) is 1.37. The van der Waals surface area contributed by atoms with Gasteiger partial charge >= 0.3 is 11.9 Å². The lowest BCUT2D eigenvalue weighted by molar-refractivity contribution is -0.140. The molecule has 1 saturated heterocycles. The summed E-state index contributed by atoms with van der Waals surface area (Å²) in [6.07, 6.45) is 1.94. The first-order chi connectivity index (χ1) is 16.3. The number of aryl methyl sites for hydroxylation is 1. The van der Waals surface area contributed by atoms with Crippen LogP contribution in [0.5, 0.6) is 0 Å². The molecular weight excluding hydrogens is 452 g/mol. The maximum Gasteiger partial charge on any atom is 0.335 e. The average Bonchev–Trinajstić information content (AvgIpc) is 3.32. The highest BCUT2D eigenvalue weighted by molar-refractivity contribution is 7.80. The third-order valence-corrected chi connectivity index (χ3v) is 6.47. The molecule has 0 saturated carbocycles. The number of pyridine rings is 1. The second kappa shape index (κ2) is 9.64. The van der Waals surface area contributed by atoms with E-state index in [1.54, 1.807) is 24.4 Å². The zero-order valence-corrected chi connectivity index (χ0v) is 20.0. The van der Waals surface area contributed by atoms with Gasteiger partial charge in [0, 0.05) is 29.8 Å². The topological polar surface area (TPSA) is 96.7 Å². The maximum atomic E-state index is 11.9. The average molecular weight is 479 g/mol. The number of ether oxygens (including phenoxy) is 1. The summed E-state index contributed by atoms with van der Waals surface area (Å²) in [6, 6.07) is 14.3. The van der Waals surface area contributed by atoms with Crippen molar-refractivity contribution in [1.29, 1.82) is 0 Å². The van der Waals surface area contributed by atoms with E-state index in [4.69, 9.17) is 17.0 Å². The Morgan fingerprint density at radius 2 is 1.97 bits per heavy atom. The number of carboxylic acids is 1. The molecule has 2 N–H and O–H groups in total. The summed E-state index contributed by atoms with van der Waals surface area (Å²) < 4.78 is 6.88. The molecule has 2 aromatic heterocycles. The number of nitrogens with zero attached hydrogens (tertiary/aromatic N) is 3. The molecule has 0 bridgehead atoms. The molecule has 8 nitrogen and oxygen atoms in total. The molecule has 1 fully saturated rings. The monoisotopic (exact) mass is 478 g/mol. The van der Waals surface area contributed by atoms with Crippen molar-refractivity contribution < 1.29 is 19.4 Å². The molecule has 0 unspecified atom stereocenters. The number of benzene rings is 1. The minimum absolute atomic E-state index is 0.198. The molecule has 0 amide bonds. The van der Waals surface area contributed by atoms with Crippen molar-refractivity contribution in [3.8, 4) is 5.69 Å². The number of aromatic carboxylic acids is 1. The van der Waals surface area contributed by atoms with Crippen molar-refractivity contribution in [3.63, 3.8) is 0 Å². The van der Waals surface area contributed by atoms with E-state index in [1.807, 2.05) is 47.6 Å². The Labute approximate surface area is 203 Å². The van der Waals surface area contributed by atoms with E-state index in [-0.39, 0.29) is 30.0 Å². The van der Waals surface area contributed by atoms with Gasteiger partial charge in [-0.1, -0.05) is 12.1 Å². The molecule has 9 heteroatoms. The van der Waals surface area contributed by atoms with Crippen LogP contribution in [0.2, 0.25) is 0 Å². The van der Waals surface area contributed by atoms with Gasteiger partial charge in [0.15, 0.2) is 5.11 Å². The van der Waals surface area contributed by atoms with Gasteiger partial charge in [0.2, 0.25) is 0 Å². The predicted octanol–water partition coefficient (Wildman–Crippen LogP) is 3.72. The summed E-state index contributed by atoms with van der Waals surface area (Å²) in [5.41, 5.74) is 4.77. The van der Waals surface area contributed by atoms with E-state index in [2.05, 4.69) is 16.4 Å². The van der Waals surface area contributed by atoms with Crippen LogP contribution >= 0.6 is 12.2 Å². The minimum Gasteiger partial charge on any atom is -0.478 e. The van der Waals surface area contributed by atoms with Gasteiger partial charge in [-0.25, -0.2) is 4.79 Å². The molecule has 2 atom stereocenters. The van der Waals surface area contributed by atoms with E-state index < -0.39 is 5.97 Å². The summed E-state index contributed by atoms with van der Waals surface area (Å²) in [4.78, 5) is 30.0. The van der Waals surface area contributed by atoms with Gasteiger partial charge in [0.1, 0.15) is 0 Å². The summed E-state index contributed by atoms with van der Waals surface area (Å²) in [6.45, 7) is 4.38. The number of carbonyl (C=O) groups excluding carboxylic acids is 1. The molecule has 1 aromatic carbocycles. The van der Waals surface area contributed by atoms with E-state index >= 15 is 0 Å². The van der Waals surface area contributed by atoms with Gasteiger partial charge in [-0.05, 0) is 68.0 Å². The van der Waals surface area contributed by atoms with Crippen molar-refractivity contribution in [2.45, 2.75) is 32.4 Å². The fraction of sp³-hybridized carbons (Fsp3) is 0.280. The normalized spacial score (nSPS) is 17.5. The van der Waals surface area contributed by atoms with Crippen LogP contribution in [-0.2, 0) is 9.53 Å². The number of rotatable bonds is 7. The number of hydrogen-bond donors (Lipinski definition) is 2. The van der Waals surface area contributed by atoms with E-state index in [0.29, 0.717) is 11.7 Å². The Morgan fingerprint density at radius 1 is 1.18 bits per heavy atom. The molecule has 4 rings (SSSR count). The number of aromatic nitrogens is 2. The zero-order valence-electron chi connectivity index (χ0n) is 19.2. The quantitative estimate of drug-likeness (QED) is 0.392. The van der Waals surface area contributed by atoms with Crippen molar-refractivity contribution in [1.82, 2.24) is 19.8 Å². The fourth-order valence-corrected chi connectivity index (χ4v) is 4.89. The lowest BCUT2D eigenvalue weighted by Crippen LogP contribution is -2.32. The standard InChI is InChI=1S/C25H26N4O4S/c1-15-13-19(16(2)29(15)18-8-6-7-17(14-18)24(31)32)23-22(20-9-4-5-11-26-20)27-25(34)28(23)12-10-21(30)33-3/h4-9,11,13-14,22-23H,10,12H2,1-3H3,(H,27,34)(H,31,32)/t22-,23-/m0/s1. The smallest absolute Gasteiger partial charge is 0.335 e. The number of thiocarbonyl (C=S) groups is 1. The van der Waals surface area contributed by atoms with Gasteiger partial charge in [-0.3, -0.25) is 9.78 Å². The lowest BCUT2D eigenvalue weighted by atomic mass is 9.96. The van der Waals surface area contributed by atoms with Crippen LogP contribution in [0.3, 0.4) is 0 Å². The minimum atomic E-state index is -0.973. The molecule has 0 aliphatic carbocycles. The molecule has 176 valence electrons. The number of hydrogen-bond acceptors (Lipinski definition) is 5. The van der Waals surface area contributed by atoms with Crippen LogP contribution in [0.15, 0.2) is 54.7 Å². The van der Waals surface area contributed by atoms with Crippen LogP contribution in [0.4, 0.5) is 0 Å². The van der Waals surface area contributed by atoms with E-state index in [1.165, 1.54) is 7.11 Å². The molecule has 1 aliphatic heterocycles. The van der Waals surface area contributed by atoms with Crippen molar-refractivity contribution >= 4 is 29.3 Å². The molecule has 1 aliphatic rings. The molecule has 34 heavy (non-hydrogen) atoms. The molecular formula is C25H26N4O4S. The number of esters is 1. The first-order valence-electron chi connectivity index (χ1n) is 10.9. The maximum absolute atomic E-state index is 11.9. The van der Waals surface area contributed by atoms with Crippen LogP contribution in [0, 0.1) is 13.8 Å². The first-order valence-corrected chi connectivity index (χ1v) is 11.3. The van der Waals surface area contributed by atoms with Gasteiger partial charge < -0.3 is 24.6 Å². The van der Waals surface area contributed by atoms with Crippen LogP contribution in [0.1, 0.15) is 51.5 Å². The highest BCUT2D eigenvalue weighted by Gasteiger charge is 2.41. The Balaban J connectivity index is 1.80. The number of carboxylic acid groups (broad SMARTS) is 1. The Kier molecular flexibility index (Phi) is 6.65. The summed E-state index contributed by atoms with van der Waals surface area (Å²) in [5.74, 6) is -1.28. The third-order valence-electron chi connectivity index (χ3n) is 6.12. The van der Waals surface area contributed by atoms with Crippen LogP contribution in [-0.4, -0.2) is 50.3 Å². The lowest BCUT2D eigenvalue weighted by Gasteiger charge is -2.28. The van der Waals surface area contributed by atoms with Gasteiger partial charge in [0.05, 0.1) is 36.9 Å². The largest absolute Gasteiger partial charge is 0.478 e. The zero-order chi connectivity index (χ0) is 24.4. The second-order valence-electron chi connectivity index (χ2n) is 8.16. The van der Waals surface area contributed by atoms with Crippen molar-refractivity contribution in [3.05, 3.63) is 82.9 Å². The molecule has 0 spiro atoms. The van der Waals surface area contributed by atoms with Gasteiger partial charge in [-0.15, -0.1) is 0 Å². The summed E-state index contributed by atoms with van der Waals surface area (Å²) in [5, 5.41) is 13.4. The highest BCUT2D eigenvalue weighted by atomic mass is 32.1. The number of carbonyl (C=O) groups is 2. The van der Waals surface area contributed by atoms with Crippen LogP contribution in [0.25, 0.3) is 5.69 Å². The highest BCUT2D eigenvalue weighted by Crippen LogP contribution is 2.41. The Hall–Kier alpha value is -3.72. The van der Waals surface area contributed by atoms with Gasteiger partial charge in [0.25, 0.3) is 0 Å². The van der Waals surface area contributed by atoms with E-state index in [9.17, 15) is 14.7 Å². The summed E-state index contributed by atoms with van der Waals surface area (Å²) >= 11 is 5.67. The third kappa shape index (κ3) is 4.38. The molecule has 0 radical (unpaired) electrons. The Bertz CT molecular complexity index is 1240. The molecule has 3 heterocycles. The molecule has 3 aromatic rings. The fourth-order valence-electron chi connectivity index (χ4n) is 4.56. The predicted molar refractivity (Wildman–Crippen MR) is 131 cm³/mol. The van der Waals surface area contributed by atoms with Crippen LogP contribution < -0.4 is 5.32 Å². The first kappa shape index (κ1) is 23.4. The van der Waals surface area contributed by atoms with Gasteiger partial charge in [-0.2, -0.15) is 0 Å². The SMILES string of the molecule is COC(=O)CCN1C(=S)N[C@@H](c2ccccn2)[C@@H]1c1cc(C)n(-c2cccc(C(=O)O)c2)c1C. The van der Waals surface area contributed by atoms with Crippen molar-refractivity contribution in [2.75, 3.05) is 13.7 Å². The Morgan fingerprint density at radius 3 is 2.65 bits per heavy atom. The number of nitrogens with one attached hydrogen (secondary N) is 1.